The van der Waals surface area contributed by atoms with Crippen LogP contribution in [0.1, 0.15) is 22.8 Å². The summed E-state index contributed by atoms with van der Waals surface area (Å²) in [4.78, 5) is 27.7. The molecule has 29 heavy (non-hydrogen) atoms. The topological polar surface area (TPSA) is 82.1 Å². The van der Waals surface area contributed by atoms with Crippen LogP contribution in [0, 0.1) is 0 Å². The van der Waals surface area contributed by atoms with Crippen molar-refractivity contribution in [3.63, 3.8) is 0 Å². The average molecular weight is 397 g/mol. The van der Waals surface area contributed by atoms with E-state index in [1.807, 2.05) is 43.3 Å². The van der Waals surface area contributed by atoms with Gasteiger partial charge in [0, 0.05) is 38.4 Å². The quantitative estimate of drug-likeness (QED) is 0.712. The van der Waals surface area contributed by atoms with Crippen molar-refractivity contribution < 1.29 is 19.4 Å². The van der Waals surface area contributed by atoms with Gasteiger partial charge >= 0.3 is 5.97 Å². The molecular formula is C22H27N3O4. The largest absolute Gasteiger partial charge is 0.494 e. The lowest BCUT2D eigenvalue weighted by Gasteiger charge is -2.34. The third-order valence-corrected chi connectivity index (χ3v) is 4.89. The van der Waals surface area contributed by atoms with Gasteiger partial charge < -0.3 is 15.2 Å². The average Bonchev–Trinajstić information content (AvgIpc) is 2.71. The van der Waals surface area contributed by atoms with Crippen molar-refractivity contribution in [1.29, 1.82) is 0 Å². The lowest BCUT2D eigenvalue weighted by molar-refractivity contribution is -0.117. The number of carbonyl (C=O) groups excluding carboxylic acids is 1. The van der Waals surface area contributed by atoms with E-state index in [1.165, 1.54) is 0 Å². The minimum atomic E-state index is -0.909. The van der Waals surface area contributed by atoms with Crippen molar-refractivity contribution in [3.05, 3.63) is 59.7 Å². The number of carboxylic acid groups (broad SMARTS) is 1. The Labute approximate surface area is 170 Å². The molecule has 7 nitrogen and oxygen atoms in total. The summed E-state index contributed by atoms with van der Waals surface area (Å²) in [5.74, 6) is -0.139. The lowest BCUT2D eigenvalue weighted by Crippen LogP contribution is -2.48. The van der Waals surface area contributed by atoms with Gasteiger partial charge in [0.2, 0.25) is 5.91 Å². The molecular weight excluding hydrogens is 370 g/mol. The van der Waals surface area contributed by atoms with Crippen molar-refractivity contribution in [2.75, 3.05) is 44.6 Å². The van der Waals surface area contributed by atoms with Crippen LogP contribution >= 0.6 is 0 Å². The van der Waals surface area contributed by atoms with Gasteiger partial charge in [-0.3, -0.25) is 14.6 Å². The number of ether oxygens (including phenoxy) is 1. The normalized spacial score (nSPS) is 15.1. The van der Waals surface area contributed by atoms with Gasteiger partial charge in [0.05, 0.1) is 18.7 Å². The van der Waals surface area contributed by atoms with Crippen LogP contribution in [0.3, 0.4) is 0 Å². The van der Waals surface area contributed by atoms with Gasteiger partial charge in [-0.15, -0.1) is 0 Å². The third kappa shape index (κ3) is 6.30. The first kappa shape index (κ1) is 20.8. The zero-order valence-electron chi connectivity index (χ0n) is 16.6. The molecule has 1 aliphatic rings. The number of aromatic carboxylic acids is 1. The van der Waals surface area contributed by atoms with E-state index in [0.717, 1.165) is 49.7 Å². The van der Waals surface area contributed by atoms with Crippen LogP contribution in [0.2, 0.25) is 0 Å². The molecule has 1 aliphatic heterocycles. The Kier molecular flexibility index (Phi) is 7.21. The first-order chi connectivity index (χ1) is 14.0. The van der Waals surface area contributed by atoms with Crippen LogP contribution in [0.25, 0.3) is 0 Å². The molecule has 7 heteroatoms. The highest BCUT2D eigenvalue weighted by Crippen LogP contribution is 2.16. The minimum Gasteiger partial charge on any atom is -0.494 e. The van der Waals surface area contributed by atoms with Gasteiger partial charge in [-0.05, 0) is 48.9 Å². The maximum Gasteiger partial charge on any atom is 0.335 e. The molecule has 0 atom stereocenters. The summed E-state index contributed by atoms with van der Waals surface area (Å²) in [6, 6.07) is 14.4. The summed E-state index contributed by atoms with van der Waals surface area (Å²) >= 11 is 0. The molecule has 0 aliphatic carbocycles. The first-order valence-corrected chi connectivity index (χ1v) is 9.83. The number of anilines is 1. The van der Waals surface area contributed by atoms with Gasteiger partial charge in [-0.25, -0.2) is 4.79 Å². The highest BCUT2D eigenvalue weighted by Gasteiger charge is 2.19. The number of piperazine rings is 1. The fraction of sp³-hybridized carbons (Fsp3) is 0.364. The van der Waals surface area contributed by atoms with E-state index in [1.54, 1.807) is 12.1 Å². The van der Waals surface area contributed by atoms with Gasteiger partial charge in [0.1, 0.15) is 5.75 Å². The van der Waals surface area contributed by atoms with Gasteiger partial charge in [0.25, 0.3) is 0 Å². The van der Waals surface area contributed by atoms with Crippen LogP contribution in [-0.2, 0) is 11.3 Å². The monoisotopic (exact) mass is 397 g/mol. The molecule has 1 amide bonds. The van der Waals surface area contributed by atoms with Crippen LogP contribution in [0.5, 0.6) is 5.75 Å². The van der Waals surface area contributed by atoms with Crippen molar-refractivity contribution in [1.82, 2.24) is 9.80 Å². The summed E-state index contributed by atoms with van der Waals surface area (Å²) in [7, 11) is 0. The van der Waals surface area contributed by atoms with Crippen LogP contribution in [0.4, 0.5) is 5.69 Å². The summed E-state index contributed by atoms with van der Waals surface area (Å²) in [5, 5.41) is 11.9. The molecule has 1 heterocycles. The maximum atomic E-state index is 12.3. The number of nitrogens with one attached hydrogen (secondary N) is 1. The zero-order chi connectivity index (χ0) is 20.6. The Bertz CT molecular complexity index is 813. The Morgan fingerprint density at radius 2 is 1.59 bits per heavy atom. The SMILES string of the molecule is CCOc1ccc(NC(=O)CN2CCN(Cc3ccc(C(=O)O)cc3)CC2)cc1. The van der Waals surface area contributed by atoms with E-state index in [4.69, 9.17) is 9.84 Å². The molecule has 154 valence electrons. The molecule has 0 bridgehead atoms. The minimum absolute atomic E-state index is 0.0214. The number of amides is 1. The smallest absolute Gasteiger partial charge is 0.335 e. The zero-order valence-corrected chi connectivity index (χ0v) is 16.6. The van der Waals surface area contributed by atoms with Crippen LogP contribution in [-0.4, -0.2) is 66.1 Å². The van der Waals surface area contributed by atoms with Gasteiger partial charge in [-0.1, -0.05) is 12.1 Å². The molecule has 0 spiro atoms. The summed E-state index contributed by atoms with van der Waals surface area (Å²) < 4.78 is 5.40. The standard InChI is InChI=1S/C22H27N3O4/c1-2-29-20-9-7-19(8-10-20)23-21(26)16-25-13-11-24(12-14-25)15-17-3-5-18(6-4-17)22(27)28/h3-10H,2,11-16H2,1H3,(H,23,26)(H,27,28). The van der Waals surface area contributed by atoms with Crippen molar-refractivity contribution >= 4 is 17.6 Å². The Morgan fingerprint density at radius 1 is 0.966 bits per heavy atom. The predicted molar refractivity (Wildman–Crippen MR) is 111 cm³/mol. The highest BCUT2D eigenvalue weighted by molar-refractivity contribution is 5.92. The predicted octanol–water partition coefficient (Wildman–Crippen LogP) is 2.54. The number of benzene rings is 2. The second kappa shape index (κ2) is 10.0. The molecule has 3 rings (SSSR count). The van der Waals surface area contributed by atoms with Crippen molar-refractivity contribution in [2.45, 2.75) is 13.5 Å². The van der Waals surface area contributed by atoms with Gasteiger partial charge in [-0.2, -0.15) is 0 Å². The van der Waals surface area contributed by atoms with E-state index < -0.39 is 5.97 Å². The summed E-state index contributed by atoms with van der Waals surface area (Å²) in [5.41, 5.74) is 2.16. The number of hydrogen-bond donors (Lipinski definition) is 2. The number of rotatable bonds is 8. The molecule has 0 aromatic heterocycles. The van der Waals surface area contributed by atoms with Gasteiger partial charge in [0.15, 0.2) is 0 Å². The molecule has 0 radical (unpaired) electrons. The van der Waals surface area contributed by atoms with E-state index in [-0.39, 0.29) is 5.91 Å². The Morgan fingerprint density at radius 3 is 2.17 bits per heavy atom. The molecule has 0 saturated carbocycles. The van der Waals surface area contributed by atoms with Crippen LogP contribution in [0.15, 0.2) is 48.5 Å². The fourth-order valence-corrected chi connectivity index (χ4v) is 3.32. The Balaban J connectivity index is 1.40. The molecule has 2 aromatic rings. The number of hydrogen-bond acceptors (Lipinski definition) is 5. The molecule has 1 saturated heterocycles. The molecule has 2 aromatic carbocycles. The molecule has 1 fully saturated rings. The molecule has 2 N–H and O–H groups in total. The fourth-order valence-electron chi connectivity index (χ4n) is 3.32. The van der Waals surface area contributed by atoms with Crippen molar-refractivity contribution in [3.8, 4) is 5.75 Å². The summed E-state index contributed by atoms with van der Waals surface area (Å²) in [6.07, 6.45) is 0. The number of carboxylic acids is 1. The Hall–Kier alpha value is -2.90. The van der Waals surface area contributed by atoms with Crippen molar-refractivity contribution in [2.24, 2.45) is 0 Å². The number of carbonyl (C=O) groups is 2. The number of nitrogens with zero attached hydrogens (tertiary/aromatic N) is 2. The van der Waals surface area contributed by atoms with E-state index >= 15 is 0 Å². The third-order valence-electron chi connectivity index (χ3n) is 4.89. The van der Waals surface area contributed by atoms with E-state index in [0.29, 0.717) is 18.7 Å². The second-order valence-corrected chi connectivity index (χ2v) is 7.06. The van der Waals surface area contributed by atoms with E-state index in [2.05, 4.69) is 15.1 Å². The highest BCUT2D eigenvalue weighted by atomic mass is 16.5. The first-order valence-electron chi connectivity index (χ1n) is 9.83. The summed E-state index contributed by atoms with van der Waals surface area (Å²) in [6.45, 7) is 7.10. The van der Waals surface area contributed by atoms with E-state index in [9.17, 15) is 9.59 Å². The van der Waals surface area contributed by atoms with Crippen LogP contribution < -0.4 is 10.1 Å². The lowest BCUT2D eigenvalue weighted by atomic mass is 10.1. The molecule has 0 unspecified atom stereocenters. The second-order valence-electron chi connectivity index (χ2n) is 7.06. The maximum absolute atomic E-state index is 12.3.